The van der Waals surface area contributed by atoms with Crippen LogP contribution in [0.4, 0.5) is 0 Å². The molecule has 0 bridgehead atoms. The molecular weight excluding hydrogens is 258 g/mol. The van der Waals surface area contributed by atoms with Gasteiger partial charge in [0.25, 0.3) is 0 Å². The topological polar surface area (TPSA) is 28.5 Å². The zero-order valence-electron chi connectivity index (χ0n) is 4.20. The Bertz CT molecular complexity index is 13.7. The minimum absolute atomic E-state index is 0. The molecule has 0 atom stereocenters. The van der Waals surface area contributed by atoms with E-state index in [0.717, 1.165) is 0 Å². The Labute approximate surface area is 160 Å². The molecule has 0 amide bonds. The summed E-state index contributed by atoms with van der Waals surface area (Å²) in [4.78, 5) is 0. The Morgan fingerprint density at radius 3 is 0.571 bits per heavy atom. The third-order valence-electron chi connectivity index (χ3n) is 0. The molecule has 0 aromatic heterocycles. The summed E-state index contributed by atoms with van der Waals surface area (Å²) in [5.41, 5.74) is 0. The first-order valence-electron chi connectivity index (χ1n) is 0. The van der Waals surface area contributed by atoms with E-state index in [4.69, 9.17) is 0 Å². The number of hydrogen-bond acceptors (Lipinski definition) is 0. The van der Waals surface area contributed by atoms with Crippen LogP contribution in [0.25, 0.3) is 0 Å². The molecule has 0 rings (SSSR count). The van der Waals surface area contributed by atoms with Gasteiger partial charge in [-0.3, -0.25) is 0 Å². The summed E-state index contributed by atoms with van der Waals surface area (Å²) < 4.78 is 0. The van der Waals surface area contributed by atoms with Crippen molar-refractivity contribution < 1.29 is 145 Å². The van der Waals surface area contributed by atoms with Crippen LogP contribution in [-0.4, -0.2) is 0 Å². The molecule has 0 saturated carbocycles. The predicted octanol–water partition coefficient (Wildman–Crippen LogP) is -4.39. The summed E-state index contributed by atoms with van der Waals surface area (Å²) in [5, 5.41) is 0. The molecule has 0 aliphatic heterocycles. The molecule has 0 aliphatic carbocycles. The zero-order chi connectivity index (χ0) is 0. The Hall–Kier alpha value is 5.26. The molecule has 0 aromatic rings. The third-order valence-corrected chi connectivity index (χ3v) is 0. The van der Waals surface area contributed by atoms with Gasteiger partial charge in [0.1, 0.15) is 0 Å². The SMILES string of the molecule is [K+].[K+].[O-2].[P].[P].[V].[V]. The van der Waals surface area contributed by atoms with E-state index < -0.39 is 0 Å². The first-order chi connectivity index (χ1) is 0. The second-order valence-electron chi connectivity index (χ2n) is 0. The van der Waals surface area contributed by atoms with Gasteiger partial charge in [-0.15, -0.1) is 0 Å². The maximum absolute atomic E-state index is 0. The molecule has 7 heteroatoms. The van der Waals surface area contributed by atoms with Crippen LogP contribution in [0.15, 0.2) is 0 Å². The first-order valence-corrected chi connectivity index (χ1v) is 0. The van der Waals surface area contributed by atoms with Crippen LogP contribution in [0, 0.1) is 0 Å². The minimum atomic E-state index is 0. The molecule has 28 valence electrons. The van der Waals surface area contributed by atoms with Gasteiger partial charge < -0.3 is 5.48 Å². The largest absolute Gasteiger partial charge is 2.00 e. The molecule has 0 aliphatic rings. The van der Waals surface area contributed by atoms with E-state index in [2.05, 4.69) is 0 Å². The molecule has 8 radical (unpaired) electrons. The van der Waals surface area contributed by atoms with Gasteiger partial charge in [-0.25, -0.2) is 0 Å². The van der Waals surface area contributed by atoms with E-state index in [9.17, 15) is 0 Å². The summed E-state index contributed by atoms with van der Waals surface area (Å²) in [6.45, 7) is 0. The van der Waals surface area contributed by atoms with Gasteiger partial charge in [0.2, 0.25) is 0 Å². The van der Waals surface area contributed by atoms with Crippen molar-refractivity contribution in [1.29, 1.82) is 0 Å². The van der Waals surface area contributed by atoms with Crippen molar-refractivity contribution in [2.45, 2.75) is 0 Å². The minimum Gasteiger partial charge on any atom is -2.00 e. The monoisotopic (exact) mass is 258 g/mol. The fourth-order valence-corrected chi connectivity index (χ4v) is 0. The molecule has 0 N–H and O–H groups in total. The van der Waals surface area contributed by atoms with Crippen molar-refractivity contribution in [3.63, 3.8) is 0 Å². The zero-order valence-corrected chi connectivity index (χ0v) is 15.0. The summed E-state index contributed by atoms with van der Waals surface area (Å²) >= 11 is 0. The van der Waals surface area contributed by atoms with Crippen LogP contribution < -0.4 is 103 Å². The second-order valence-corrected chi connectivity index (χ2v) is 0. The molecule has 0 fully saturated rings. The van der Waals surface area contributed by atoms with Crippen LogP contribution in [0.5, 0.6) is 0 Å². The van der Waals surface area contributed by atoms with Crippen molar-refractivity contribution in [2.24, 2.45) is 0 Å². The number of rotatable bonds is 0. The molecule has 0 spiro atoms. The van der Waals surface area contributed by atoms with Crippen LogP contribution in [0.2, 0.25) is 0 Å². The van der Waals surface area contributed by atoms with Gasteiger partial charge in [-0.05, 0) is 0 Å². The molecule has 0 unspecified atom stereocenters. The predicted molar refractivity (Wildman–Crippen MR) is 14.5 cm³/mol. The average molecular weight is 258 g/mol. The van der Waals surface area contributed by atoms with Gasteiger partial charge in [-0.1, -0.05) is 0 Å². The van der Waals surface area contributed by atoms with Crippen molar-refractivity contribution in [3.05, 3.63) is 0 Å². The van der Waals surface area contributed by atoms with Gasteiger partial charge in [0.15, 0.2) is 0 Å². The molecule has 0 saturated heterocycles. The van der Waals surface area contributed by atoms with E-state index >= 15 is 0 Å². The quantitative estimate of drug-likeness (QED) is 0.310. The van der Waals surface area contributed by atoms with Crippen molar-refractivity contribution >= 4 is 19.8 Å². The van der Waals surface area contributed by atoms with E-state index in [1.54, 1.807) is 0 Å². The fraction of sp³-hybridized carbons (Fsp3) is 0. The average Bonchev–Trinajstić information content (AvgIpc) is 0. The molecule has 0 aromatic carbocycles. The molecule has 0 heterocycles. The Morgan fingerprint density at radius 1 is 0.571 bits per heavy atom. The van der Waals surface area contributed by atoms with Gasteiger partial charge in [-0.2, -0.15) is 0 Å². The Kier molecular flexibility index (Phi) is 344. The Morgan fingerprint density at radius 2 is 0.571 bits per heavy atom. The van der Waals surface area contributed by atoms with E-state index in [-0.39, 0.29) is 165 Å². The van der Waals surface area contributed by atoms with Crippen LogP contribution in [0.3, 0.4) is 0 Å². The van der Waals surface area contributed by atoms with Gasteiger partial charge in [0.05, 0.1) is 0 Å². The van der Waals surface area contributed by atoms with Crippen molar-refractivity contribution in [1.82, 2.24) is 0 Å². The van der Waals surface area contributed by atoms with Crippen molar-refractivity contribution in [3.8, 4) is 0 Å². The van der Waals surface area contributed by atoms with E-state index in [0.29, 0.717) is 0 Å². The summed E-state index contributed by atoms with van der Waals surface area (Å²) in [5.74, 6) is 0. The molecule has 1 nitrogen and oxygen atoms in total. The Balaban J connectivity index is 0. The second kappa shape index (κ2) is 42.8. The van der Waals surface area contributed by atoms with E-state index in [1.165, 1.54) is 0 Å². The van der Waals surface area contributed by atoms with Crippen molar-refractivity contribution in [2.75, 3.05) is 0 Å². The maximum atomic E-state index is 0. The molecular formula is K2OP2V2. The summed E-state index contributed by atoms with van der Waals surface area (Å²) in [7, 11) is 0. The van der Waals surface area contributed by atoms with Crippen LogP contribution in [0.1, 0.15) is 0 Å². The van der Waals surface area contributed by atoms with Crippen LogP contribution >= 0.6 is 19.8 Å². The molecule has 7 heavy (non-hydrogen) atoms. The summed E-state index contributed by atoms with van der Waals surface area (Å²) in [6.07, 6.45) is 0. The first kappa shape index (κ1) is 56.2. The smallest absolute Gasteiger partial charge is 1.00 e. The standard InChI is InChI=1S/2K.O.2P.2V/q2*+1;-2;;;;. The maximum Gasteiger partial charge on any atom is 1.00 e. The number of hydrogen-bond donors (Lipinski definition) is 0. The van der Waals surface area contributed by atoms with Crippen LogP contribution in [-0.2, 0) is 42.6 Å². The van der Waals surface area contributed by atoms with E-state index in [1.807, 2.05) is 0 Å². The summed E-state index contributed by atoms with van der Waals surface area (Å²) in [6, 6.07) is 0. The van der Waals surface area contributed by atoms with Gasteiger partial charge in [0, 0.05) is 56.9 Å². The fourth-order valence-electron chi connectivity index (χ4n) is 0. The van der Waals surface area contributed by atoms with Gasteiger partial charge >= 0.3 is 103 Å². The third kappa shape index (κ3) is 34.9. The normalized spacial score (nSPS) is 0.